The van der Waals surface area contributed by atoms with E-state index in [0.717, 1.165) is 31.4 Å². The van der Waals surface area contributed by atoms with E-state index >= 15 is 0 Å². The molecule has 1 aromatic rings. The SMILES string of the molecule is CCC1CCC(O)(CNC(=O)c2c(F)cccc2F)CC1. The molecule has 0 unspecified atom stereocenters. The van der Waals surface area contributed by atoms with Gasteiger partial charge in [-0.05, 0) is 43.7 Å². The number of carbonyl (C=O) groups is 1. The highest BCUT2D eigenvalue weighted by Gasteiger charge is 2.33. The molecule has 0 radical (unpaired) electrons. The fourth-order valence-electron chi connectivity index (χ4n) is 2.85. The third-order valence-electron chi connectivity index (χ3n) is 4.38. The maximum Gasteiger partial charge on any atom is 0.257 e. The summed E-state index contributed by atoms with van der Waals surface area (Å²) in [5.74, 6) is -2.00. The Bertz CT molecular complexity index is 491. The molecule has 0 bridgehead atoms. The Labute approximate surface area is 123 Å². The van der Waals surface area contributed by atoms with Gasteiger partial charge in [0.2, 0.25) is 0 Å². The van der Waals surface area contributed by atoms with Crippen LogP contribution in [0.4, 0.5) is 8.78 Å². The second-order valence-electron chi connectivity index (χ2n) is 5.86. The number of benzene rings is 1. The van der Waals surface area contributed by atoms with Crippen LogP contribution in [0.25, 0.3) is 0 Å². The molecule has 0 saturated heterocycles. The minimum absolute atomic E-state index is 0.0239. The number of hydrogen-bond donors (Lipinski definition) is 2. The highest BCUT2D eigenvalue weighted by molar-refractivity contribution is 5.94. The van der Waals surface area contributed by atoms with Crippen molar-refractivity contribution >= 4 is 5.91 Å². The summed E-state index contributed by atoms with van der Waals surface area (Å²) in [6, 6.07) is 3.29. The van der Waals surface area contributed by atoms with Crippen molar-refractivity contribution in [3.63, 3.8) is 0 Å². The third kappa shape index (κ3) is 3.79. The molecule has 21 heavy (non-hydrogen) atoms. The average Bonchev–Trinajstić information content (AvgIpc) is 2.46. The fourth-order valence-corrected chi connectivity index (χ4v) is 2.85. The predicted octanol–water partition coefficient (Wildman–Crippen LogP) is 3.03. The van der Waals surface area contributed by atoms with Crippen LogP contribution >= 0.6 is 0 Å². The van der Waals surface area contributed by atoms with Gasteiger partial charge in [0.05, 0.1) is 5.60 Å². The van der Waals surface area contributed by atoms with Crippen molar-refractivity contribution in [3.05, 3.63) is 35.4 Å². The second-order valence-corrected chi connectivity index (χ2v) is 5.86. The molecule has 0 spiro atoms. The van der Waals surface area contributed by atoms with Gasteiger partial charge in [0, 0.05) is 6.54 Å². The number of amides is 1. The quantitative estimate of drug-likeness (QED) is 0.897. The van der Waals surface area contributed by atoms with Crippen molar-refractivity contribution in [1.82, 2.24) is 5.32 Å². The van der Waals surface area contributed by atoms with Gasteiger partial charge in [-0.15, -0.1) is 0 Å². The van der Waals surface area contributed by atoms with Gasteiger partial charge in [-0.3, -0.25) is 4.79 Å². The number of carbonyl (C=O) groups excluding carboxylic acids is 1. The van der Waals surface area contributed by atoms with Crippen molar-refractivity contribution in [2.24, 2.45) is 5.92 Å². The molecule has 0 aliphatic heterocycles. The zero-order valence-corrected chi connectivity index (χ0v) is 12.2. The lowest BCUT2D eigenvalue weighted by molar-refractivity contribution is -0.00793. The normalized spacial score (nSPS) is 25.6. The highest BCUT2D eigenvalue weighted by Crippen LogP contribution is 2.33. The van der Waals surface area contributed by atoms with E-state index in [1.165, 1.54) is 6.07 Å². The molecule has 116 valence electrons. The van der Waals surface area contributed by atoms with Crippen LogP contribution in [-0.4, -0.2) is 23.2 Å². The van der Waals surface area contributed by atoms with Crippen LogP contribution in [0.15, 0.2) is 18.2 Å². The Morgan fingerprint density at radius 2 is 1.90 bits per heavy atom. The molecule has 5 heteroatoms. The van der Waals surface area contributed by atoms with Crippen LogP contribution in [-0.2, 0) is 0 Å². The molecule has 1 aliphatic carbocycles. The predicted molar refractivity (Wildman–Crippen MR) is 75.9 cm³/mol. The van der Waals surface area contributed by atoms with E-state index in [9.17, 15) is 18.7 Å². The van der Waals surface area contributed by atoms with Gasteiger partial charge in [-0.25, -0.2) is 8.78 Å². The summed E-state index contributed by atoms with van der Waals surface area (Å²) >= 11 is 0. The first-order chi connectivity index (χ1) is 9.95. The van der Waals surface area contributed by atoms with E-state index in [-0.39, 0.29) is 6.54 Å². The smallest absolute Gasteiger partial charge is 0.257 e. The molecular formula is C16H21F2NO2. The lowest BCUT2D eigenvalue weighted by atomic mass is 9.78. The van der Waals surface area contributed by atoms with Gasteiger partial charge < -0.3 is 10.4 Å². The standard InChI is InChI=1S/C16H21F2NO2/c1-2-11-6-8-16(21,9-7-11)10-19-15(20)14-12(17)4-3-5-13(14)18/h3-5,11,21H,2,6-10H2,1H3,(H,19,20). The Kier molecular flexibility index (Phi) is 4.93. The molecule has 0 heterocycles. The minimum atomic E-state index is -0.969. The molecule has 1 fully saturated rings. The van der Waals surface area contributed by atoms with Gasteiger partial charge in [0.1, 0.15) is 17.2 Å². The summed E-state index contributed by atoms with van der Waals surface area (Å²) in [5, 5.41) is 12.9. The number of aliphatic hydroxyl groups is 1. The number of hydrogen-bond acceptors (Lipinski definition) is 2. The first kappa shape index (κ1) is 15.9. The number of nitrogens with one attached hydrogen (secondary N) is 1. The monoisotopic (exact) mass is 297 g/mol. The minimum Gasteiger partial charge on any atom is -0.388 e. The average molecular weight is 297 g/mol. The van der Waals surface area contributed by atoms with Crippen LogP contribution < -0.4 is 5.32 Å². The Hall–Kier alpha value is -1.49. The first-order valence-electron chi connectivity index (χ1n) is 7.40. The van der Waals surface area contributed by atoms with Gasteiger partial charge in [0.15, 0.2) is 0 Å². The van der Waals surface area contributed by atoms with Gasteiger partial charge in [-0.1, -0.05) is 19.4 Å². The topological polar surface area (TPSA) is 49.3 Å². The van der Waals surface area contributed by atoms with Crippen LogP contribution in [0.1, 0.15) is 49.4 Å². The fraction of sp³-hybridized carbons (Fsp3) is 0.562. The maximum absolute atomic E-state index is 13.5. The molecule has 0 aromatic heterocycles. The van der Waals surface area contributed by atoms with E-state index in [1.807, 2.05) is 0 Å². The van der Waals surface area contributed by atoms with Crippen LogP contribution in [0.5, 0.6) is 0 Å². The largest absolute Gasteiger partial charge is 0.388 e. The molecule has 0 atom stereocenters. The van der Waals surface area contributed by atoms with E-state index in [4.69, 9.17) is 0 Å². The molecule has 1 aromatic carbocycles. The molecule has 2 rings (SSSR count). The summed E-state index contributed by atoms with van der Waals surface area (Å²) < 4.78 is 27.0. The Morgan fingerprint density at radius 3 is 2.43 bits per heavy atom. The maximum atomic E-state index is 13.5. The number of rotatable bonds is 4. The Morgan fingerprint density at radius 1 is 1.33 bits per heavy atom. The zero-order chi connectivity index (χ0) is 15.5. The van der Waals surface area contributed by atoms with Gasteiger partial charge in [-0.2, -0.15) is 0 Å². The lowest BCUT2D eigenvalue weighted by Gasteiger charge is -2.35. The zero-order valence-electron chi connectivity index (χ0n) is 12.2. The van der Waals surface area contributed by atoms with E-state index < -0.39 is 28.7 Å². The highest BCUT2D eigenvalue weighted by atomic mass is 19.1. The van der Waals surface area contributed by atoms with E-state index in [2.05, 4.69) is 12.2 Å². The van der Waals surface area contributed by atoms with Crippen LogP contribution in [0, 0.1) is 17.6 Å². The summed E-state index contributed by atoms with van der Waals surface area (Å²) in [7, 11) is 0. The molecule has 3 nitrogen and oxygen atoms in total. The lowest BCUT2D eigenvalue weighted by Crippen LogP contribution is -2.45. The van der Waals surface area contributed by atoms with Crippen molar-refractivity contribution < 1.29 is 18.7 Å². The molecule has 1 saturated carbocycles. The van der Waals surface area contributed by atoms with E-state index in [0.29, 0.717) is 18.8 Å². The number of halogens is 2. The van der Waals surface area contributed by atoms with Crippen molar-refractivity contribution in [3.8, 4) is 0 Å². The second kappa shape index (κ2) is 6.52. The third-order valence-corrected chi connectivity index (χ3v) is 4.38. The van der Waals surface area contributed by atoms with Crippen LogP contribution in [0.3, 0.4) is 0 Å². The molecule has 1 aliphatic rings. The Balaban J connectivity index is 1.95. The summed E-state index contributed by atoms with van der Waals surface area (Å²) in [6.45, 7) is 2.15. The summed E-state index contributed by atoms with van der Waals surface area (Å²) in [5.41, 5.74) is -1.56. The molecular weight excluding hydrogens is 276 g/mol. The van der Waals surface area contributed by atoms with Crippen molar-refractivity contribution in [1.29, 1.82) is 0 Å². The molecule has 2 N–H and O–H groups in total. The van der Waals surface area contributed by atoms with Gasteiger partial charge in [0.25, 0.3) is 5.91 Å². The van der Waals surface area contributed by atoms with Gasteiger partial charge >= 0.3 is 0 Å². The van der Waals surface area contributed by atoms with E-state index in [1.54, 1.807) is 0 Å². The van der Waals surface area contributed by atoms with Crippen molar-refractivity contribution in [2.45, 2.75) is 44.6 Å². The summed E-state index contributed by atoms with van der Waals surface area (Å²) in [4.78, 5) is 11.9. The first-order valence-corrected chi connectivity index (χ1v) is 7.40. The summed E-state index contributed by atoms with van der Waals surface area (Å²) in [6.07, 6.45) is 4.12. The van der Waals surface area contributed by atoms with Crippen LogP contribution in [0.2, 0.25) is 0 Å². The van der Waals surface area contributed by atoms with Crippen molar-refractivity contribution in [2.75, 3.05) is 6.54 Å². The molecule has 1 amide bonds.